The zero-order valence-electron chi connectivity index (χ0n) is 13.2. The van der Waals surface area contributed by atoms with Gasteiger partial charge in [-0.2, -0.15) is 13.2 Å². The molecule has 23 heavy (non-hydrogen) atoms. The van der Waals surface area contributed by atoms with Gasteiger partial charge >= 0.3 is 24.0 Å². The summed E-state index contributed by atoms with van der Waals surface area (Å²) >= 11 is 0. The highest BCUT2D eigenvalue weighted by Crippen LogP contribution is 2.15. The number of nitrogens with one attached hydrogen (secondary N) is 1. The molecule has 0 aliphatic rings. The van der Waals surface area contributed by atoms with E-state index in [9.17, 15) is 27.6 Å². The maximum absolute atomic E-state index is 12.3. The minimum atomic E-state index is -5.16. The summed E-state index contributed by atoms with van der Waals surface area (Å²) in [6.45, 7) is 3.80. The van der Waals surface area contributed by atoms with Crippen LogP contribution in [-0.2, 0) is 23.9 Å². The predicted molar refractivity (Wildman–Crippen MR) is 74.3 cm³/mol. The van der Waals surface area contributed by atoms with Gasteiger partial charge in [0.05, 0.1) is 19.6 Å². The molecular formula is C14H22F3NO5. The van der Waals surface area contributed by atoms with E-state index in [0.717, 1.165) is 6.42 Å². The van der Waals surface area contributed by atoms with E-state index in [2.05, 4.69) is 0 Å². The van der Waals surface area contributed by atoms with E-state index >= 15 is 0 Å². The number of carbonyl (C=O) groups excluding carboxylic acids is 3. The highest BCUT2D eigenvalue weighted by atomic mass is 19.4. The smallest absolute Gasteiger partial charge is 0.466 e. The molecule has 0 aliphatic carbocycles. The average Bonchev–Trinajstić information content (AvgIpc) is 2.45. The van der Waals surface area contributed by atoms with Crippen molar-refractivity contribution in [2.24, 2.45) is 0 Å². The van der Waals surface area contributed by atoms with Crippen molar-refractivity contribution in [3.05, 3.63) is 0 Å². The summed E-state index contributed by atoms with van der Waals surface area (Å²) in [7, 11) is 0. The number of carbonyl (C=O) groups is 3. The quantitative estimate of drug-likeness (QED) is 0.486. The lowest BCUT2D eigenvalue weighted by molar-refractivity contribution is -0.176. The summed E-state index contributed by atoms with van der Waals surface area (Å²) in [6, 6.07) is -1.73. The molecule has 6 nitrogen and oxygen atoms in total. The molecular weight excluding hydrogens is 319 g/mol. The third-order valence-electron chi connectivity index (χ3n) is 2.72. The monoisotopic (exact) mass is 341 g/mol. The van der Waals surface area contributed by atoms with E-state index < -0.39 is 36.5 Å². The summed E-state index contributed by atoms with van der Waals surface area (Å²) in [5, 5.41) is 1.47. The Kier molecular flexibility index (Phi) is 10.00. The molecule has 0 spiro atoms. The number of unbranched alkanes of at least 4 members (excludes halogenated alkanes) is 2. The Morgan fingerprint density at radius 3 is 2.00 bits per heavy atom. The van der Waals surface area contributed by atoms with Gasteiger partial charge in [-0.1, -0.05) is 26.7 Å². The number of amides is 1. The summed E-state index contributed by atoms with van der Waals surface area (Å²) < 4.78 is 46.4. The van der Waals surface area contributed by atoms with Gasteiger partial charge in [-0.25, -0.2) is 4.79 Å². The molecule has 0 bridgehead atoms. The number of ether oxygens (including phenoxy) is 2. The van der Waals surface area contributed by atoms with Crippen molar-refractivity contribution in [1.29, 1.82) is 0 Å². The molecule has 0 saturated heterocycles. The zero-order valence-corrected chi connectivity index (χ0v) is 13.2. The van der Waals surface area contributed by atoms with Crippen LogP contribution < -0.4 is 5.32 Å². The molecule has 0 aliphatic heterocycles. The number of esters is 2. The van der Waals surface area contributed by atoms with Gasteiger partial charge < -0.3 is 14.8 Å². The molecule has 0 aromatic carbocycles. The molecule has 0 fully saturated rings. The molecule has 0 aromatic rings. The molecule has 0 rings (SSSR count). The zero-order chi connectivity index (χ0) is 17.9. The lowest BCUT2D eigenvalue weighted by Gasteiger charge is -2.18. The Labute approximate surface area is 132 Å². The summed E-state index contributed by atoms with van der Waals surface area (Å²) in [5.41, 5.74) is 0. The van der Waals surface area contributed by atoms with Crippen LogP contribution in [0.5, 0.6) is 0 Å². The molecule has 0 heterocycles. The second kappa shape index (κ2) is 10.8. The fourth-order valence-electron chi connectivity index (χ4n) is 1.41. The van der Waals surface area contributed by atoms with E-state index in [0.29, 0.717) is 19.3 Å². The van der Waals surface area contributed by atoms with Crippen molar-refractivity contribution in [2.45, 2.75) is 58.2 Å². The molecule has 9 heteroatoms. The van der Waals surface area contributed by atoms with Crippen LogP contribution in [0.15, 0.2) is 0 Å². The molecule has 0 aromatic heterocycles. The van der Waals surface area contributed by atoms with E-state index in [1.165, 1.54) is 5.32 Å². The van der Waals surface area contributed by atoms with Crippen LogP contribution >= 0.6 is 0 Å². The lowest BCUT2D eigenvalue weighted by Crippen LogP contribution is -2.48. The fraction of sp³-hybridized carbons (Fsp3) is 0.786. The minimum Gasteiger partial charge on any atom is -0.466 e. The Balaban J connectivity index is 4.68. The first-order valence-electron chi connectivity index (χ1n) is 7.42. The second-order valence-corrected chi connectivity index (χ2v) is 4.82. The number of halogens is 3. The van der Waals surface area contributed by atoms with Crippen molar-refractivity contribution >= 4 is 17.8 Å². The minimum absolute atomic E-state index is 0.00138. The van der Waals surface area contributed by atoms with Crippen LogP contribution in [0.3, 0.4) is 0 Å². The van der Waals surface area contributed by atoms with Gasteiger partial charge in [-0.05, 0) is 12.8 Å². The summed E-state index contributed by atoms with van der Waals surface area (Å²) in [5.74, 6) is -4.28. The Morgan fingerprint density at radius 1 is 1.00 bits per heavy atom. The molecule has 1 atom stereocenters. The predicted octanol–water partition coefficient (Wildman–Crippen LogP) is 2.11. The SMILES string of the molecule is CCCCOC(=O)C[C@H](NC(=O)C(F)(F)F)C(=O)OCCCC. The Bertz CT molecular complexity index is 398. The summed E-state index contributed by atoms with van der Waals surface area (Å²) in [6.07, 6.45) is -3.28. The first kappa shape index (κ1) is 21.2. The molecule has 1 amide bonds. The van der Waals surface area contributed by atoms with Crippen molar-refractivity contribution in [3.63, 3.8) is 0 Å². The van der Waals surface area contributed by atoms with Crippen LogP contribution in [0, 0.1) is 0 Å². The molecule has 0 radical (unpaired) electrons. The van der Waals surface area contributed by atoms with Crippen LogP contribution in [-0.4, -0.2) is 43.3 Å². The summed E-state index contributed by atoms with van der Waals surface area (Å²) in [4.78, 5) is 34.2. The molecule has 1 N–H and O–H groups in total. The second-order valence-electron chi connectivity index (χ2n) is 4.82. The standard InChI is InChI=1S/C14H22F3NO5/c1-3-5-7-22-11(19)9-10(12(20)23-8-6-4-2)18-13(21)14(15,16)17/h10H,3-9H2,1-2H3,(H,18,21)/t10-/m0/s1. The van der Waals surface area contributed by atoms with Gasteiger partial charge in [0.2, 0.25) is 0 Å². The highest BCUT2D eigenvalue weighted by Gasteiger charge is 2.41. The van der Waals surface area contributed by atoms with Gasteiger partial charge in [0.1, 0.15) is 6.04 Å². The van der Waals surface area contributed by atoms with E-state index in [-0.39, 0.29) is 13.2 Å². The fourth-order valence-corrected chi connectivity index (χ4v) is 1.41. The van der Waals surface area contributed by atoms with E-state index in [4.69, 9.17) is 9.47 Å². The number of alkyl halides is 3. The van der Waals surface area contributed by atoms with E-state index in [1.807, 2.05) is 13.8 Å². The first-order chi connectivity index (χ1) is 10.7. The van der Waals surface area contributed by atoms with Crippen molar-refractivity contribution < 1.29 is 37.0 Å². The largest absolute Gasteiger partial charge is 0.471 e. The van der Waals surface area contributed by atoms with Gasteiger partial charge in [0.15, 0.2) is 0 Å². The normalized spacial score (nSPS) is 12.4. The van der Waals surface area contributed by atoms with Crippen molar-refractivity contribution in [3.8, 4) is 0 Å². The maximum atomic E-state index is 12.3. The molecule has 0 saturated carbocycles. The third-order valence-corrected chi connectivity index (χ3v) is 2.72. The van der Waals surface area contributed by atoms with E-state index in [1.54, 1.807) is 0 Å². The Morgan fingerprint density at radius 2 is 1.52 bits per heavy atom. The van der Waals surface area contributed by atoms with Gasteiger partial charge in [-0.3, -0.25) is 9.59 Å². The van der Waals surface area contributed by atoms with Crippen LogP contribution in [0.2, 0.25) is 0 Å². The third kappa shape index (κ3) is 9.75. The Hall–Kier alpha value is -1.80. The van der Waals surface area contributed by atoms with Crippen molar-refractivity contribution in [1.82, 2.24) is 5.32 Å². The average molecular weight is 341 g/mol. The first-order valence-corrected chi connectivity index (χ1v) is 7.42. The molecule has 0 unspecified atom stereocenters. The topological polar surface area (TPSA) is 81.7 Å². The highest BCUT2D eigenvalue weighted by molar-refractivity contribution is 5.90. The lowest BCUT2D eigenvalue weighted by atomic mass is 10.2. The van der Waals surface area contributed by atoms with Crippen LogP contribution in [0.1, 0.15) is 46.0 Å². The van der Waals surface area contributed by atoms with Gasteiger partial charge in [-0.15, -0.1) is 0 Å². The maximum Gasteiger partial charge on any atom is 0.471 e. The number of hydrogen-bond acceptors (Lipinski definition) is 5. The van der Waals surface area contributed by atoms with Crippen LogP contribution in [0.25, 0.3) is 0 Å². The van der Waals surface area contributed by atoms with Crippen LogP contribution in [0.4, 0.5) is 13.2 Å². The van der Waals surface area contributed by atoms with Gasteiger partial charge in [0.25, 0.3) is 0 Å². The molecule has 134 valence electrons. The number of hydrogen-bond donors (Lipinski definition) is 1. The van der Waals surface area contributed by atoms with Crippen molar-refractivity contribution in [2.75, 3.05) is 13.2 Å². The number of rotatable bonds is 10. The van der Waals surface area contributed by atoms with Gasteiger partial charge in [0, 0.05) is 0 Å².